The summed E-state index contributed by atoms with van der Waals surface area (Å²) in [5.74, 6) is 0.844. The number of hydrogen-bond acceptors (Lipinski definition) is 1. The van der Waals surface area contributed by atoms with Crippen LogP contribution in [0, 0.1) is 5.92 Å². The van der Waals surface area contributed by atoms with E-state index in [-0.39, 0.29) is 0 Å². The van der Waals surface area contributed by atoms with Crippen molar-refractivity contribution in [2.75, 3.05) is 0 Å². The van der Waals surface area contributed by atoms with Crippen molar-refractivity contribution in [1.29, 1.82) is 0 Å². The summed E-state index contributed by atoms with van der Waals surface area (Å²) >= 11 is 0. The highest BCUT2D eigenvalue weighted by Crippen LogP contribution is 2.31. The van der Waals surface area contributed by atoms with E-state index in [1.54, 1.807) is 0 Å². The van der Waals surface area contributed by atoms with Gasteiger partial charge in [-0.05, 0) is 24.8 Å². The lowest BCUT2D eigenvalue weighted by Gasteiger charge is -2.06. The third-order valence-corrected chi connectivity index (χ3v) is 4.00. The molecule has 0 amide bonds. The Hall–Kier alpha value is -1.05. The second kappa shape index (κ2) is 3.76. The fourth-order valence-electron chi connectivity index (χ4n) is 2.72. The number of carbonyl (C=O) groups is 1. The number of fused-ring (bicyclic) bond motifs is 1. The number of Topliss-reactive ketones (excluding diaryl/α,β-unsaturated/α-hetero) is 1. The summed E-state index contributed by atoms with van der Waals surface area (Å²) in [6.45, 7) is 2.98. The molecule has 82 valence electrons. The molecule has 3 rings (SSSR count). The summed E-state index contributed by atoms with van der Waals surface area (Å²) in [6.07, 6.45) is 5.40. The average Bonchev–Trinajstić information content (AvgIpc) is 3.06. The van der Waals surface area contributed by atoms with E-state index in [2.05, 4.69) is 25.0 Å². The van der Waals surface area contributed by atoms with Gasteiger partial charge in [-0.3, -0.25) is 4.79 Å². The van der Waals surface area contributed by atoms with Crippen LogP contribution in [0.25, 0.3) is 0 Å². The zero-order chi connectivity index (χ0) is 11.1. The molecule has 1 fully saturated rings. The lowest BCUT2D eigenvalue weighted by Crippen LogP contribution is -2.23. The summed E-state index contributed by atoms with van der Waals surface area (Å²) in [5, 5.41) is 0. The van der Waals surface area contributed by atoms with Crippen LogP contribution in [0.5, 0.6) is 0 Å². The molecule has 1 aromatic rings. The largest absolute Gasteiger partial charge is 0.299 e. The van der Waals surface area contributed by atoms with E-state index in [9.17, 15) is 4.79 Å². The van der Waals surface area contributed by atoms with Gasteiger partial charge in [0.2, 0.25) is 0 Å². The highest BCUT2D eigenvalue weighted by atomic mass is 16.1. The predicted octanol–water partition coefficient (Wildman–Crippen LogP) is 2.10. The Balaban J connectivity index is 1.80. The van der Waals surface area contributed by atoms with E-state index in [0.29, 0.717) is 24.8 Å². The van der Waals surface area contributed by atoms with Crippen molar-refractivity contribution in [1.82, 2.24) is 0 Å². The summed E-state index contributed by atoms with van der Waals surface area (Å²) < 4.78 is 0. The van der Waals surface area contributed by atoms with E-state index >= 15 is 0 Å². The zero-order valence-electron chi connectivity index (χ0n) is 9.83. The third kappa shape index (κ3) is 1.81. The number of hydrogen-bond donors (Lipinski definition) is 0. The zero-order valence-corrected chi connectivity index (χ0v) is 9.83. The molecule has 1 aliphatic carbocycles. The third-order valence-electron chi connectivity index (χ3n) is 4.00. The molecule has 0 bridgehead atoms. The molecule has 1 nitrogen and oxygen atoms in total. The fraction of sp³-hybridized carbons (Fsp3) is 0.500. The number of aryl methyl sites for hydroxylation is 1. The second-order valence-electron chi connectivity index (χ2n) is 5.39. The van der Waals surface area contributed by atoms with Gasteiger partial charge in [0.1, 0.15) is 5.78 Å². The highest BCUT2D eigenvalue weighted by Gasteiger charge is 2.29. The standard InChI is InChI=1S/C14H17BO/c1-15-7-6-11-3-2-10(8-13(11)15)9-14(16)12-4-5-12/h2-3,8,12H,4-7,9H2,1H3. The van der Waals surface area contributed by atoms with Gasteiger partial charge in [-0.2, -0.15) is 0 Å². The van der Waals surface area contributed by atoms with Crippen molar-refractivity contribution in [3.63, 3.8) is 0 Å². The van der Waals surface area contributed by atoms with Crippen molar-refractivity contribution in [2.24, 2.45) is 5.92 Å². The van der Waals surface area contributed by atoms with E-state index in [4.69, 9.17) is 0 Å². The number of carbonyl (C=O) groups excluding carboxylic acids is 1. The van der Waals surface area contributed by atoms with Crippen LogP contribution >= 0.6 is 0 Å². The predicted molar refractivity (Wildman–Crippen MR) is 67.6 cm³/mol. The minimum absolute atomic E-state index is 0.394. The highest BCUT2D eigenvalue weighted by molar-refractivity contribution is 6.73. The van der Waals surface area contributed by atoms with Crippen LogP contribution in [0.15, 0.2) is 18.2 Å². The Bertz CT molecular complexity index is 434. The molecule has 0 unspecified atom stereocenters. The van der Waals surface area contributed by atoms with Gasteiger partial charge in [0.15, 0.2) is 6.71 Å². The van der Waals surface area contributed by atoms with E-state index in [0.717, 1.165) is 12.8 Å². The van der Waals surface area contributed by atoms with Gasteiger partial charge in [-0.25, -0.2) is 0 Å². The van der Waals surface area contributed by atoms with Crippen molar-refractivity contribution >= 4 is 18.0 Å². The smallest absolute Gasteiger partial charge is 0.173 e. The van der Waals surface area contributed by atoms with Crippen LogP contribution in [0.1, 0.15) is 24.0 Å². The summed E-state index contributed by atoms with van der Waals surface area (Å²) in [5.41, 5.74) is 4.21. The Morgan fingerprint density at radius 3 is 3.00 bits per heavy atom. The molecule has 1 saturated carbocycles. The van der Waals surface area contributed by atoms with Gasteiger partial charge in [0.05, 0.1) is 0 Å². The normalized spacial score (nSPS) is 18.7. The Kier molecular flexibility index (Phi) is 2.38. The first-order valence-corrected chi connectivity index (χ1v) is 6.38. The molecule has 0 spiro atoms. The van der Waals surface area contributed by atoms with Gasteiger partial charge in [-0.1, -0.05) is 42.4 Å². The van der Waals surface area contributed by atoms with Crippen LogP contribution < -0.4 is 5.46 Å². The molecule has 16 heavy (non-hydrogen) atoms. The Morgan fingerprint density at radius 2 is 2.25 bits per heavy atom. The molecule has 0 atom stereocenters. The topological polar surface area (TPSA) is 17.1 Å². The molecule has 1 aliphatic heterocycles. The lowest BCUT2D eigenvalue weighted by molar-refractivity contribution is -0.119. The molecule has 0 radical (unpaired) electrons. The molecular formula is C14H17BO. The van der Waals surface area contributed by atoms with Crippen LogP contribution in [0.3, 0.4) is 0 Å². The van der Waals surface area contributed by atoms with E-state index in [1.165, 1.54) is 29.3 Å². The average molecular weight is 212 g/mol. The molecule has 0 saturated heterocycles. The monoisotopic (exact) mass is 212 g/mol. The Labute approximate surface area is 97.3 Å². The fourth-order valence-corrected chi connectivity index (χ4v) is 2.72. The number of benzene rings is 1. The maximum atomic E-state index is 11.8. The molecule has 2 aliphatic rings. The van der Waals surface area contributed by atoms with Crippen LogP contribution in [0.4, 0.5) is 0 Å². The van der Waals surface area contributed by atoms with Crippen molar-refractivity contribution in [2.45, 2.75) is 38.8 Å². The van der Waals surface area contributed by atoms with E-state index < -0.39 is 0 Å². The Morgan fingerprint density at radius 1 is 1.44 bits per heavy atom. The summed E-state index contributed by atoms with van der Waals surface area (Å²) in [4.78, 5) is 11.8. The SMILES string of the molecule is CB1CCc2ccc(CC(=O)C3CC3)cc21. The van der Waals surface area contributed by atoms with Gasteiger partial charge in [0, 0.05) is 12.3 Å². The van der Waals surface area contributed by atoms with Gasteiger partial charge >= 0.3 is 0 Å². The van der Waals surface area contributed by atoms with Crippen molar-refractivity contribution in [3.05, 3.63) is 29.3 Å². The number of rotatable bonds is 3. The summed E-state index contributed by atoms with van der Waals surface area (Å²) in [6, 6.07) is 6.65. The minimum Gasteiger partial charge on any atom is -0.299 e. The van der Waals surface area contributed by atoms with Crippen molar-refractivity contribution in [3.8, 4) is 0 Å². The van der Waals surface area contributed by atoms with Crippen LogP contribution in [-0.2, 0) is 17.6 Å². The molecule has 1 heterocycles. The molecular weight excluding hydrogens is 195 g/mol. The lowest BCUT2D eigenvalue weighted by atomic mass is 9.48. The first kappa shape index (κ1) is 10.1. The van der Waals surface area contributed by atoms with Gasteiger partial charge in [0.25, 0.3) is 0 Å². The molecule has 2 heteroatoms. The first-order chi connectivity index (χ1) is 7.74. The minimum atomic E-state index is 0.394. The van der Waals surface area contributed by atoms with Gasteiger partial charge in [-0.15, -0.1) is 0 Å². The first-order valence-electron chi connectivity index (χ1n) is 6.38. The molecule has 0 N–H and O–H groups in total. The number of ketones is 1. The summed E-state index contributed by atoms with van der Waals surface area (Å²) in [7, 11) is 0. The van der Waals surface area contributed by atoms with Crippen LogP contribution in [0.2, 0.25) is 13.1 Å². The molecule has 1 aromatic carbocycles. The van der Waals surface area contributed by atoms with Crippen molar-refractivity contribution < 1.29 is 4.79 Å². The maximum absolute atomic E-state index is 11.8. The molecule has 0 aromatic heterocycles. The van der Waals surface area contributed by atoms with Crippen LogP contribution in [-0.4, -0.2) is 12.5 Å². The quantitative estimate of drug-likeness (QED) is 0.701. The second-order valence-corrected chi connectivity index (χ2v) is 5.39. The van der Waals surface area contributed by atoms with Gasteiger partial charge < -0.3 is 0 Å². The van der Waals surface area contributed by atoms with E-state index in [1.807, 2.05) is 0 Å². The maximum Gasteiger partial charge on any atom is 0.173 e.